The monoisotopic (exact) mass is 372 g/mol. The summed E-state index contributed by atoms with van der Waals surface area (Å²) < 4.78 is 0. The zero-order chi connectivity index (χ0) is 20.1. The van der Waals surface area contributed by atoms with Crippen molar-refractivity contribution in [3.63, 3.8) is 0 Å². The Morgan fingerprint density at radius 2 is 1.29 bits per heavy atom. The number of anilines is 1. The Kier molecular flexibility index (Phi) is 6.15. The van der Waals surface area contributed by atoms with Crippen LogP contribution in [0.4, 0.5) is 10.5 Å². The number of benzene rings is 3. The molecule has 28 heavy (non-hydrogen) atoms. The van der Waals surface area contributed by atoms with Crippen LogP contribution in [0.1, 0.15) is 33.4 Å². The van der Waals surface area contributed by atoms with Gasteiger partial charge in [-0.1, -0.05) is 77.4 Å². The number of hydrogen-bond donors (Lipinski definition) is 1. The number of rotatable bonds is 5. The summed E-state index contributed by atoms with van der Waals surface area (Å²) in [6.07, 6.45) is 0. The molecule has 3 aromatic carbocycles. The minimum Gasteiger partial charge on any atom is -0.316 e. The molecule has 0 radical (unpaired) electrons. The van der Waals surface area contributed by atoms with E-state index in [2.05, 4.69) is 68.6 Å². The minimum atomic E-state index is -0.0880. The van der Waals surface area contributed by atoms with Crippen LogP contribution < -0.4 is 5.32 Å². The number of nitrogens with one attached hydrogen (secondary N) is 1. The lowest BCUT2D eigenvalue weighted by atomic mass is 10.1. The molecule has 0 aliphatic rings. The summed E-state index contributed by atoms with van der Waals surface area (Å²) in [6.45, 7) is 9.35. The van der Waals surface area contributed by atoms with Gasteiger partial charge in [0.1, 0.15) is 0 Å². The first-order valence-electron chi connectivity index (χ1n) is 9.65. The lowest BCUT2D eigenvalue weighted by Crippen LogP contribution is -2.34. The molecule has 3 nitrogen and oxygen atoms in total. The molecular weight excluding hydrogens is 344 g/mol. The molecule has 0 saturated heterocycles. The van der Waals surface area contributed by atoms with Crippen LogP contribution >= 0.6 is 0 Å². The topological polar surface area (TPSA) is 32.3 Å². The molecule has 3 aromatic rings. The highest BCUT2D eigenvalue weighted by Gasteiger charge is 2.16. The first kappa shape index (κ1) is 19.7. The fraction of sp³-hybridized carbons (Fsp3) is 0.240. The van der Waals surface area contributed by atoms with Gasteiger partial charge in [-0.25, -0.2) is 4.79 Å². The molecule has 0 saturated carbocycles. The van der Waals surface area contributed by atoms with Crippen molar-refractivity contribution < 1.29 is 4.79 Å². The molecule has 0 aromatic heterocycles. The third-order valence-electron chi connectivity index (χ3n) is 4.82. The van der Waals surface area contributed by atoms with Crippen molar-refractivity contribution >= 4 is 11.7 Å². The van der Waals surface area contributed by atoms with E-state index in [1.54, 1.807) is 0 Å². The van der Waals surface area contributed by atoms with Gasteiger partial charge in [0, 0.05) is 18.8 Å². The summed E-state index contributed by atoms with van der Waals surface area (Å²) in [5.74, 6) is 0. The number of aryl methyl sites for hydroxylation is 4. The molecule has 0 heterocycles. The number of amides is 2. The molecule has 0 atom stereocenters. The van der Waals surface area contributed by atoms with Gasteiger partial charge in [0.15, 0.2) is 0 Å². The van der Waals surface area contributed by atoms with E-state index in [1.165, 1.54) is 16.7 Å². The molecule has 0 aliphatic heterocycles. The van der Waals surface area contributed by atoms with Crippen molar-refractivity contribution in [1.82, 2.24) is 4.90 Å². The Morgan fingerprint density at radius 1 is 0.750 bits per heavy atom. The number of nitrogens with zero attached hydrogens (tertiary/aromatic N) is 1. The Morgan fingerprint density at radius 3 is 1.79 bits per heavy atom. The van der Waals surface area contributed by atoms with Crippen molar-refractivity contribution in [2.45, 2.75) is 40.8 Å². The lowest BCUT2D eigenvalue weighted by molar-refractivity contribution is 0.206. The third-order valence-corrected chi connectivity index (χ3v) is 4.82. The van der Waals surface area contributed by atoms with E-state index in [0.29, 0.717) is 13.1 Å². The van der Waals surface area contributed by atoms with Crippen LogP contribution in [0.15, 0.2) is 66.7 Å². The van der Waals surface area contributed by atoms with Crippen molar-refractivity contribution in [3.8, 4) is 0 Å². The first-order valence-corrected chi connectivity index (χ1v) is 9.65. The molecule has 0 fully saturated rings. The summed E-state index contributed by atoms with van der Waals surface area (Å²) in [5, 5.41) is 3.09. The second kappa shape index (κ2) is 8.75. The van der Waals surface area contributed by atoms with Gasteiger partial charge in [0.2, 0.25) is 0 Å². The SMILES string of the molecule is Cc1cccc(CN(Cc2cccc(C)c2)C(=O)Nc2ccc(C)cc2C)c1. The number of urea groups is 1. The standard InChI is InChI=1S/C25H28N2O/c1-18-7-5-9-22(14-18)16-27(17-23-10-6-8-19(2)15-23)25(28)26-24-12-11-20(3)13-21(24)4/h5-15H,16-17H2,1-4H3,(H,26,28). The zero-order valence-electron chi connectivity index (χ0n) is 17.1. The first-order chi connectivity index (χ1) is 13.4. The largest absolute Gasteiger partial charge is 0.322 e. The Bertz CT molecular complexity index is 930. The summed E-state index contributed by atoms with van der Waals surface area (Å²) in [6, 6.07) is 22.6. The number of carbonyl (C=O) groups is 1. The molecule has 0 bridgehead atoms. The maximum Gasteiger partial charge on any atom is 0.322 e. The number of carbonyl (C=O) groups excluding carboxylic acids is 1. The average molecular weight is 373 g/mol. The molecule has 0 unspecified atom stereocenters. The van der Waals surface area contributed by atoms with E-state index < -0.39 is 0 Å². The van der Waals surface area contributed by atoms with Crippen molar-refractivity contribution in [3.05, 3.63) is 100 Å². The van der Waals surface area contributed by atoms with Crippen LogP contribution in [0.25, 0.3) is 0 Å². The molecule has 3 rings (SSSR count). The van der Waals surface area contributed by atoms with Crippen LogP contribution in [0.3, 0.4) is 0 Å². The van der Waals surface area contributed by atoms with Crippen LogP contribution in [-0.2, 0) is 13.1 Å². The Hall–Kier alpha value is -3.07. The van der Waals surface area contributed by atoms with Crippen LogP contribution in [-0.4, -0.2) is 10.9 Å². The summed E-state index contributed by atoms with van der Waals surface area (Å²) in [5.41, 5.74) is 7.76. The van der Waals surface area contributed by atoms with Crippen LogP contribution in [0.5, 0.6) is 0 Å². The van der Waals surface area contributed by atoms with Gasteiger partial charge >= 0.3 is 6.03 Å². The van der Waals surface area contributed by atoms with Crippen LogP contribution in [0, 0.1) is 27.7 Å². The van der Waals surface area contributed by atoms with Crippen molar-refractivity contribution in [2.75, 3.05) is 5.32 Å². The van der Waals surface area contributed by atoms with Crippen molar-refractivity contribution in [1.29, 1.82) is 0 Å². The highest BCUT2D eigenvalue weighted by molar-refractivity contribution is 5.90. The lowest BCUT2D eigenvalue weighted by Gasteiger charge is -2.24. The predicted octanol–water partition coefficient (Wildman–Crippen LogP) is 6.15. The fourth-order valence-corrected chi connectivity index (χ4v) is 3.41. The second-order valence-electron chi connectivity index (χ2n) is 7.58. The molecular formula is C25H28N2O. The maximum atomic E-state index is 13.1. The maximum absolute atomic E-state index is 13.1. The van der Waals surface area contributed by atoms with Gasteiger partial charge in [-0.05, 0) is 50.5 Å². The van der Waals surface area contributed by atoms with Gasteiger partial charge in [-0.15, -0.1) is 0 Å². The predicted molar refractivity (Wildman–Crippen MR) is 117 cm³/mol. The third kappa shape index (κ3) is 5.23. The molecule has 2 amide bonds. The Labute approximate surface area is 168 Å². The van der Waals surface area contributed by atoms with E-state index in [1.807, 2.05) is 36.1 Å². The highest BCUT2D eigenvalue weighted by atomic mass is 16.2. The van der Waals surface area contributed by atoms with E-state index in [0.717, 1.165) is 22.4 Å². The molecule has 144 valence electrons. The molecule has 3 heteroatoms. The van der Waals surface area contributed by atoms with Crippen molar-refractivity contribution in [2.24, 2.45) is 0 Å². The second-order valence-corrected chi connectivity index (χ2v) is 7.58. The fourth-order valence-electron chi connectivity index (χ4n) is 3.41. The normalized spacial score (nSPS) is 10.6. The molecule has 1 N–H and O–H groups in total. The quantitative estimate of drug-likeness (QED) is 0.572. The average Bonchev–Trinajstić information content (AvgIpc) is 2.63. The highest BCUT2D eigenvalue weighted by Crippen LogP contribution is 2.19. The van der Waals surface area contributed by atoms with Gasteiger partial charge in [0.25, 0.3) is 0 Å². The molecule has 0 spiro atoms. The zero-order valence-corrected chi connectivity index (χ0v) is 17.1. The summed E-state index contributed by atoms with van der Waals surface area (Å²) >= 11 is 0. The van der Waals surface area contributed by atoms with Gasteiger partial charge < -0.3 is 10.2 Å². The van der Waals surface area contributed by atoms with E-state index in [4.69, 9.17) is 0 Å². The van der Waals surface area contributed by atoms with Crippen LogP contribution in [0.2, 0.25) is 0 Å². The van der Waals surface area contributed by atoms with E-state index in [-0.39, 0.29) is 6.03 Å². The van der Waals surface area contributed by atoms with E-state index >= 15 is 0 Å². The smallest absolute Gasteiger partial charge is 0.316 e. The van der Waals surface area contributed by atoms with Gasteiger partial charge in [-0.3, -0.25) is 0 Å². The Balaban J connectivity index is 1.84. The van der Waals surface area contributed by atoms with Gasteiger partial charge in [0.05, 0.1) is 0 Å². The van der Waals surface area contributed by atoms with Gasteiger partial charge in [-0.2, -0.15) is 0 Å². The summed E-state index contributed by atoms with van der Waals surface area (Å²) in [7, 11) is 0. The minimum absolute atomic E-state index is 0.0880. The number of hydrogen-bond acceptors (Lipinski definition) is 1. The van der Waals surface area contributed by atoms with E-state index in [9.17, 15) is 4.79 Å². The summed E-state index contributed by atoms with van der Waals surface area (Å²) in [4.78, 5) is 15.0. The molecule has 0 aliphatic carbocycles.